The summed E-state index contributed by atoms with van der Waals surface area (Å²) in [4.78, 5) is 5.04. The molecule has 0 bridgehead atoms. The Labute approximate surface area is 144 Å². The van der Waals surface area contributed by atoms with E-state index in [1.165, 1.54) is 17.0 Å². The van der Waals surface area contributed by atoms with Crippen molar-refractivity contribution < 1.29 is 4.74 Å². The largest absolute Gasteiger partial charge is 0.487 e. The Bertz CT molecular complexity index is 931. The Morgan fingerprint density at radius 1 is 1.29 bits per heavy atom. The number of hydrogen-bond donors (Lipinski definition) is 0. The number of allylic oxidation sites excluding steroid dienone is 1. The first kappa shape index (κ1) is 14.7. The summed E-state index contributed by atoms with van der Waals surface area (Å²) in [5.74, 6) is 0.634. The van der Waals surface area contributed by atoms with Crippen molar-refractivity contribution in [1.82, 2.24) is 9.55 Å². The van der Waals surface area contributed by atoms with Crippen LogP contribution < -0.4 is 4.74 Å². The summed E-state index contributed by atoms with van der Waals surface area (Å²) >= 11 is 1.44. The normalized spacial score (nSPS) is 12.6. The van der Waals surface area contributed by atoms with E-state index in [4.69, 9.17) is 4.74 Å². The lowest BCUT2D eigenvalue weighted by Crippen LogP contribution is -2.00. The van der Waals surface area contributed by atoms with Gasteiger partial charge in [-0.15, -0.1) is 11.3 Å². The van der Waals surface area contributed by atoms with Crippen molar-refractivity contribution in [2.45, 2.75) is 19.4 Å². The zero-order chi connectivity index (χ0) is 16.4. The van der Waals surface area contributed by atoms with E-state index in [1.807, 2.05) is 42.7 Å². The van der Waals surface area contributed by atoms with E-state index in [1.54, 1.807) is 0 Å². The third kappa shape index (κ3) is 2.72. The van der Waals surface area contributed by atoms with Crippen molar-refractivity contribution in [2.24, 2.45) is 0 Å². The highest BCUT2D eigenvalue weighted by atomic mass is 32.1. The molecule has 0 spiro atoms. The number of hydrogen-bond acceptors (Lipinski definition) is 4. The van der Waals surface area contributed by atoms with Gasteiger partial charge in [0.2, 0.25) is 0 Å². The maximum atomic E-state index is 9.41. The molecule has 1 aliphatic carbocycles. The van der Waals surface area contributed by atoms with Gasteiger partial charge < -0.3 is 4.74 Å². The van der Waals surface area contributed by atoms with E-state index in [9.17, 15) is 5.26 Å². The van der Waals surface area contributed by atoms with Gasteiger partial charge in [0, 0.05) is 6.07 Å². The van der Waals surface area contributed by atoms with Gasteiger partial charge in [0.05, 0.1) is 11.4 Å². The van der Waals surface area contributed by atoms with Crippen molar-refractivity contribution in [3.8, 4) is 16.8 Å². The number of imidazole rings is 1. The van der Waals surface area contributed by atoms with Gasteiger partial charge >= 0.3 is 0 Å². The molecule has 2 heterocycles. The average molecular weight is 333 g/mol. The molecule has 1 aromatic carbocycles. The van der Waals surface area contributed by atoms with Gasteiger partial charge in [0.15, 0.2) is 5.75 Å². The molecule has 3 aromatic rings. The molecule has 0 fully saturated rings. The maximum Gasteiger partial charge on any atom is 0.150 e. The Morgan fingerprint density at radius 2 is 2.17 bits per heavy atom. The SMILES string of the molecule is N#Cc1sc(-n2cnc3c2CCC=C3)cc1OCc1ccccc1. The van der Waals surface area contributed by atoms with E-state index in [-0.39, 0.29) is 0 Å². The van der Waals surface area contributed by atoms with Crippen LogP contribution in [0.5, 0.6) is 5.75 Å². The minimum atomic E-state index is 0.455. The number of benzene rings is 1. The summed E-state index contributed by atoms with van der Waals surface area (Å²) < 4.78 is 7.95. The zero-order valence-electron chi connectivity index (χ0n) is 13.0. The number of ether oxygens (including phenoxy) is 1. The summed E-state index contributed by atoms with van der Waals surface area (Å²) in [7, 11) is 0. The Hall–Kier alpha value is -2.84. The van der Waals surface area contributed by atoms with Gasteiger partial charge in [-0.2, -0.15) is 5.26 Å². The number of rotatable bonds is 4. The van der Waals surface area contributed by atoms with Crippen molar-refractivity contribution >= 4 is 17.4 Å². The first-order chi connectivity index (χ1) is 11.8. The maximum absolute atomic E-state index is 9.41. The third-order valence-electron chi connectivity index (χ3n) is 3.98. The second kappa shape index (κ2) is 6.34. The van der Waals surface area contributed by atoms with E-state index >= 15 is 0 Å². The molecule has 0 N–H and O–H groups in total. The van der Waals surface area contributed by atoms with Crippen LogP contribution in [0.25, 0.3) is 11.1 Å². The molecule has 4 nitrogen and oxygen atoms in total. The molecule has 118 valence electrons. The van der Waals surface area contributed by atoms with Gasteiger partial charge in [-0.25, -0.2) is 4.98 Å². The average Bonchev–Trinajstić information content (AvgIpc) is 3.24. The van der Waals surface area contributed by atoms with Crippen LogP contribution in [0.4, 0.5) is 0 Å². The topological polar surface area (TPSA) is 50.8 Å². The van der Waals surface area contributed by atoms with Crippen molar-refractivity contribution in [3.63, 3.8) is 0 Å². The van der Waals surface area contributed by atoms with Crippen LogP contribution in [0.1, 0.15) is 28.2 Å². The fraction of sp³-hybridized carbons (Fsp3) is 0.158. The summed E-state index contributed by atoms with van der Waals surface area (Å²) in [6.07, 6.45) is 8.01. The van der Waals surface area contributed by atoms with Crippen LogP contribution in [0.3, 0.4) is 0 Å². The quantitative estimate of drug-likeness (QED) is 0.713. The number of fused-ring (bicyclic) bond motifs is 1. The lowest BCUT2D eigenvalue weighted by Gasteiger charge is -2.08. The molecule has 5 heteroatoms. The van der Waals surface area contributed by atoms with Crippen LogP contribution in [0.2, 0.25) is 0 Å². The number of nitriles is 1. The second-order valence-electron chi connectivity index (χ2n) is 5.55. The summed E-state index contributed by atoms with van der Waals surface area (Å²) in [5, 5.41) is 10.4. The molecule has 0 atom stereocenters. The minimum Gasteiger partial charge on any atom is -0.487 e. The minimum absolute atomic E-state index is 0.455. The smallest absolute Gasteiger partial charge is 0.150 e. The molecule has 0 saturated carbocycles. The Balaban J connectivity index is 1.62. The highest BCUT2D eigenvalue weighted by molar-refractivity contribution is 7.15. The summed E-state index contributed by atoms with van der Waals surface area (Å²) in [6.45, 7) is 0.455. The predicted octanol–water partition coefficient (Wildman–Crippen LogP) is 4.34. The van der Waals surface area contributed by atoms with E-state index in [2.05, 4.69) is 27.8 Å². The van der Waals surface area contributed by atoms with Gasteiger partial charge in [0.25, 0.3) is 0 Å². The van der Waals surface area contributed by atoms with Crippen LogP contribution in [0.15, 0.2) is 48.8 Å². The molecular weight excluding hydrogens is 318 g/mol. The number of aromatic nitrogens is 2. The van der Waals surface area contributed by atoms with Crippen LogP contribution >= 0.6 is 11.3 Å². The van der Waals surface area contributed by atoms with Gasteiger partial charge in [-0.1, -0.05) is 36.4 Å². The fourth-order valence-corrected chi connectivity index (χ4v) is 3.68. The lowest BCUT2D eigenvalue weighted by molar-refractivity contribution is 0.307. The Kier molecular flexibility index (Phi) is 3.89. The highest BCUT2D eigenvalue weighted by Crippen LogP contribution is 2.34. The molecule has 0 unspecified atom stereocenters. The van der Waals surface area contributed by atoms with Crippen molar-refractivity contribution in [1.29, 1.82) is 5.26 Å². The summed E-state index contributed by atoms with van der Waals surface area (Å²) in [6, 6.07) is 14.1. The second-order valence-corrected chi connectivity index (χ2v) is 6.58. The number of nitrogens with zero attached hydrogens (tertiary/aromatic N) is 3. The van der Waals surface area contributed by atoms with Crippen LogP contribution in [-0.4, -0.2) is 9.55 Å². The third-order valence-corrected chi connectivity index (χ3v) is 5.00. The van der Waals surface area contributed by atoms with Crippen molar-refractivity contribution in [3.05, 3.63) is 70.6 Å². The zero-order valence-corrected chi connectivity index (χ0v) is 13.8. The van der Waals surface area contributed by atoms with Gasteiger partial charge in [-0.3, -0.25) is 4.57 Å². The molecule has 0 radical (unpaired) electrons. The molecular formula is C19H15N3OS. The predicted molar refractivity (Wildman–Crippen MR) is 94.3 cm³/mol. The molecule has 0 aliphatic heterocycles. The molecule has 0 saturated heterocycles. The van der Waals surface area contributed by atoms with Gasteiger partial charge in [-0.05, 0) is 24.5 Å². The van der Waals surface area contributed by atoms with E-state index < -0.39 is 0 Å². The first-order valence-electron chi connectivity index (χ1n) is 7.79. The fourth-order valence-electron chi connectivity index (χ4n) is 2.78. The molecule has 24 heavy (non-hydrogen) atoms. The van der Waals surface area contributed by atoms with Crippen LogP contribution in [0, 0.1) is 11.3 Å². The van der Waals surface area contributed by atoms with Crippen molar-refractivity contribution in [2.75, 3.05) is 0 Å². The van der Waals surface area contributed by atoms with E-state index in [0.717, 1.165) is 29.1 Å². The van der Waals surface area contributed by atoms with Crippen LogP contribution in [-0.2, 0) is 13.0 Å². The van der Waals surface area contributed by atoms with E-state index in [0.29, 0.717) is 17.2 Å². The number of thiophene rings is 1. The Morgan fingerprint density at radius 3 is 3.00 bits per heavy atom. The molecule has 1 aliphatic rings. The van der Waals surface area contributed by atoms with Gasteiger partial charge in [0.1, 0.15) is 28.9 Å². The standard InChI is InChI=1S/C19H15N3OS/c20-11-18-17(23-12-14-6-2-1-3-7-14)10-19(24-18)22-13-21-15-8-4-5-9-16(15)22/h1-4,6-8,10,13H,5,9,12H2. The lowest BCUT2D eigenvalue weighted by atomic mass is 10.1. The molecule has 4 rings (SSSR count). The first-order valence-corrected chi connectivity index (χ1v) is 8.60. The molecule has 2 aromatic heterocycles. The summed E-state index contributed by atoms with van der Waals surface area (Å²) in [5.41, 5.74) is 3.29. The highest BCUT2D eigenvalue weighted by Gasteiger charge is 2.17. The molecule has 0 amide bonds. The monoisotopic (exact) mass is 333 g/mol.